The molecule has 1 fully saturated rings. The van der Waals surface area contributed by atoms with Crippen LogP contribution in [0.5, 0.6) is 0 Å². The predicted molar refractivity (Wildman–Crippen MR) is 122 cm³/mol. The summed E-state index contributed by atoms with van der Waals surface area (Å²) < 4.78 is 0. The lowest BCUT2D eigenvalue weighted by Gasteiger charge is -2.36. The molecule has 2 aromatic carbocycles. The molecular formula is C22H29ClN4O3. The number of piperidine rings is 1. The number of benzene rings is 2. The Balaban J connectivity index is 0.00000320. The van der Waals surface area contributed by atoms with Crippen LogP contribution in [0.1, 0.15) is 36.2 Å². The highest BCUT2D eigenvalue weighted by atomic mass is 35.5. The number of rotatable bonds is 6. The van der Waals surface area contributed by atoms with Gasteiger partial charge in [0.15, 0.2) is 0 Å². The van der Waals surface area contributed by atoms with E-state index in [1.807, 2.05) is 24.3 Å². The number of nitro benzene ring substituents is 1. The summed E-state index contributed by atoms with van der Waals surface area (Å²) in [5.41, 5.74) is 8.31. The Kier molecular flexibility index (Phi) is 8.06. The predicted octanol–water partition coefficient (Wildman–Crippen LogP) is 4.05. The van der Waals surface area contributed by atoms with Crippen LogP contribution in [0.4, 0.5) is 17.1 Å². The van der Waals surface area contributed by atoms with Crippen LogP contribution in [0, 0.1) is 22.0 Å². The summed E-state index contributed by atoms with van der Waals surface area (Å²) in [5.74, 6) is 0.653. The van der Waals surface area contributed by atoms with E-state index in [4.69, 9.17) is 5.73 Å². The number of nitrogens with one attached hydrogen (secondary N) is 1. The van der Waals surface area contributed by atoms with Gasteiger partial charge in [-0.3, -0.25) is 14.9 Å². The fraction of sp³-hybridized carbons (Fsp3) is 0.409. The molecule has 0 radical (unpaired) electrons. The van der Waals surface area contributed by atoms with Gasteiger partial charge in [-0.05, 0) is 54.5 Å². The van der Waals surface area contributed by atoms with Crippen LogP contribution < -0.4 is 16.0 Å². The molecule has 8 heteroatoms. The summed E-state index contributed by atoms with van der Waals surface area (Å²) in [5, 5.41) is 14.5. The number of carbonyl (C=O) groups excluding carboxylic acids is 1. The van der Waals surface area contributed by atoms with E-state index >= 15 is 0 Å². The van der Waals surface area contributed by atoms with Crippen molar-refractivity contribution in [1.29, 1.82) is 0 Å². The van der Waals surface area contributed by atoms with Gasteiger partial charge in [0.05, 0.1) is 4.92 Å². The van der Waals surface area contributed by atoms with Crippen LogP contribution >= 0.6 is 12.4 Å². The van der Waals surface area contributed by atoms with E-state index in [0.29, 0.717) is 41.7 Å². The minimum absolute atomic E-state index is 0. The van der Waals surface area contributed by atoms with Gasteiger partial charge in [0.2, 0.25) is 0 Å². The highest BCUT2D eigenvalue weighted by molar-refractivity contribution is 5.95. The first-order chi connectivity index (χ1) is 13.8. The minimum Gasteiger partial charge on any atom is -0.399 e. The fourth-order valence-corrected chi connectivity index (χ4v) is 4.04. The molecule has 162 valence electrons. The van der Waals surface area contributed by atoms with E-state index in [9.17, 15) is 14.9 Å². The summed E-state index contributed by atoms with van der Waals surface area (Å²) in [7, 11) is 0. The van der Waals surface area contributed by atoms with Crippen LogP contribution in [0.3, 0.4) is 0 Å². The Morgan fingerprint density at radius 2 is 1.80 bits per heavy atom. The highest BCUT2D eigenvalue weighted by Gasteiger charge is 2.27. The molecular weight excluding hydrogens is 404 g/mol. The van der Waals surface area contributed by atoms with Crippen molar-refractivity contribution >= 4 is 35.4 Å². The van der Waals surface area contributed by atoms with E-state index in [2.05, 4.69) is 24.1 Å². The standard InChI is InChI=1S/C22H28N4O3.ClH/c1-15-11-16(2)14-25(13-15)20-8-5-18(12-21(20)26(28)29)22(27)24-10-9-17-3-6-19(23)7-4-17;/h3-8,12,15-16H,9-11,13-14,23H2,1-2H3,(H,24,27);1H. The number of nitrogen functional groups attached to an aromatic ring is 1. The van der Waals surface area contributed by atoms with Gasteiger partial charge in [0.1, 0.15) is 5.69 Å². The van der Waals surface area contributed by atoms with Crippen molar-refractivity contribution in [3.8, 4) is 0 Å². The number of hydrogen-bond donors (Lipinski definition) is 2. The van der Waals surface area contributed by atoms with E-state index in [-0.39, 0.29) is 24.0 Å². The van der Waals surface area contributed by atoms with Gasteiger partial charge in [-0.25, -0.2) is 0 Å². The average molecular weight is 433 g/mol. The Morgan fingerprint density at radius 1 is 1.17 bits per heavy atom. The van der Waals surface area contributed by atoms with Crippen molar-refractivity contribution in [3.63, 3.8) is 0 Å². The fourth-order valence-electron chi connectivity index (χ4n) is 4.04. The van der Waals surface area contributed by atoms with Gasteiger partial charge >= 0.3 is 0 Å². The number of halogens is 1. The molecule has 3 rings (SSSR count). The van der Waals surface area contributed by atoms with E-state index in [1.165, 1.54) is 6.07 Å². The van der Waals surface area contributed by atoms with Crippen molar-refractivity contribution in [3.05, 3.63) is 63.7 Å². The van der Waals surface area contributed by atoms with Crippen molar-refractivity contribution in [1.82, 2.24) is 5.32 Å². The molecule has 2 aromatic rings. The smallest absolute Gasteiger partial charge is 0.293 e. The first kappa shape index (κ1) is 23.5. The van der Waals surface area contributed by atoms with Gasteiger partial charge in [-0.15, -0.1) is 12.4 Å². The van der Waals surface area contributed by atoms with Crippen molar-refractivity contribution < 1.29 is 9.72 Å². The maximum atomic E-state index is 12.5. The molecule has 0 spiro atoms. The maximum absolute atomic E-state index is 12.5. The van der Waals surface area contributed by atoms with Gasteiger partial charge in [0, 0.05) is 37.0 Å². The number of amides is 1. The van der Waals surface area contributed by atoms with Gasteiger partial charge in [-0.2, -0.15) is 0 Å². The zero-order valence-electron chi connectivity index (χ0n) is 17.3. The number of nitrogens with zero attached hydrogens (tertiary/aromatic N) is 2. The molecule has 7 nitrogen and oxygen atoms in total. The topological polar surface area (TPSA) is 102 Å². The molecule has 3 N–H and O–H groups in total. The maximum Gasteiger partial charge on any atom is 0.293 e. The Hall–Kier alpha value is -2.80. The number of carbonyl (C=O) groups is 1. The Morgan fingerprint density at radius 3 is 2.40 bits per heavy atom. The van der Waals surface area contributed by atoms with Gasteiger partial charge in [0.25, 0.3) is 11.6 Å². The molecule has 1 aliphatic heterocycles. The number of nitrogens with two attached hydrogens (primary N) is 1. The number of anilines is 2. The third-order valence-corrected chi connectivity index (χ3v) is 5.32. The van der Waals surface area contributed by atoms with Crippen molar-refractivity contribution in [2.24, 2.45) is 11.8 Å². The van der Waals surface area contributed by atoms with Crippen LogP contribution in [0.15, 0.2) is 42.5 Å². The van der Waals surface area contributed by atoms with Crippen LogP contribution in [0.25, 0.3) is 0 Å². The Bertz CT molecular complexity index is 878. The van der Waals surface area contributed by atoms with Gasteiger partial charge < -0.3 is 16.0 Å². The monoisotopic (exact) mass is 432 g/mol. The SMILES string of the molecule is CC1CC(C)CN(c2ccc(C(=O)NCCc3ccc(N)cc3)cc2[N+](=O)[O-])C1.Cl. The molecule has 30 heavy (non-hydrogen) atoms. The summed E-state index contributed by atoms with van der Waals surface area (Å²) in [6.45, 7) is 6.35. The lowest BCUT2D eigenvalue weighted by molar-refractivity contribution is -0.384. The van der Waals surface area contributed by atoms with E-state index < -0.39 is 4.92 Å². The summed E-state index contributed by atoms with van der Waals surface area (Å²) in [6.07, 6.45) is 1.79. The number of nitro groups is 1. The average Bonchev–Trinajstić information content (AvgIpc) is 2.68. The molecule has 0 aromatic heterocycles. The van der Waals surface area contributed by atoms with Crippen molar-refractivity contribution in [2.45, 2.75) is 26.7 Å². The zero-order valence-corrected chi connectivity index (χ0v) is 18.2. The number of hydrogen-bond acceptors (Lipinski definition) is 5. The molecule has 0 aliphatic carbocycles. The second-order valence-corrected chi connectivity index (χ2v) is 8.06. The zero-order chi connectivity index (χ0) is 21.0. The summed E-state index contributed by atoms with van der Waals surface area (Å²) >= 11 is 0. The largest absolute Gasteiger partial charge is 0.399 e. The molecule has 0 bridgehead atoms. The van der Waals surface area contributed by atoms with Crippen LogP contribution in [0.2, 0.25) is 0 Å². The normalized spacial score (nSPS) is 18.4. The third kappa shape index (κ3) is 5.86. The third-order valence-electron chi connectivity index (χ3n) is 5.32. The molecule has 1 aliphatic rings. The Labute approximate surface area is 183 Å². The first-order valence-corrected chi connectivity index (χ1v) is 9.99. The molecule has 1 saturated heterocycles. The van der Waals surface area contributed by atoms with Crippen LogP contribution in [-0.4, -0.2) is 30.5 Å². The van der Waals surface area contributed by atoms with E-state index in [1.54, 1.807) is 12.1 Å². The van der Waals surface area contributed by atoms with E-state index in [0.717, 1.165) is 25.1 Å². The lowest BCUT2D eigenvalue weighted by atomic mass is 9.91. The minimum atomic E-state index is -0.398. The quantitative estimate of drug-likeness (QED) is 0.407. The molecule has 1 heterocycles. The second-order valence-electron chi connectivity index (χ2n) is 8.06. The highest BCUT2D eigenvalue weighted by Crippen LogP contribution is 2.33. The molecule has 1 amide bonds. The van der Waals surface area contributed by atoms with Crippen molar-refractivity contribution in [2.75, 3.05) is 30.3 Å². The summed E-state index contributed by atoms with van der Waals surface area (Å²) in [4.78, 5) is 25.8. The first-order valence-electron chi connectivity index (χ1n) is 9.99. The van der Waals surface area contributed by atoms with Gasteiger partial charge in [-0.1, -0.05) is 26.0 Å². The lowest BCUT2D eigenvalue weighted by Crippen LogP contribution is -2.39. The molecule has 2 unspecified atom stereocenters. The summed E-state index contributed by atoms with van der Waals surface area (Å²) in [6, 6.07) is 12.2. The molecule has 0 saturated carbocycles. The van der Waals surface area contributed by atoms with Crippen LogP contribution in [-0.2, 0) is 6.42 Å². The molecule has 2 atom stereocenters. The second kappa shape index (κ2) is 10.3.